The van der Waals surface area contributed by atoms with Gasteiger partial charge in [0.2, 0.25) is 0 Å². The monoisotopic (exact) mass is 402 g/mol. The van der Waals surface area contributed by atoms with Crippen LogP contribution >= 0.6 is 0 Å². The number of hydrogen-bond donors (Lipinski definition) is 2. The molecule has 6 aromatic rings. The van der Waals surface area contributed by atoms with Crippen LogP contribution in [-0.2, 0) is 0 Å². The Morgan fingerprint density at radius 3 is 2.58 bits per heavy atom. The van der Waals surface area contributed by atoms with Gasteiger partial charge in [-0.15, -0.1) is 0 Å². The van der Waals surface area contributed by atoms with Gasteiger partial charge in [-0.3, -0.25) is 15.1 Å². The number of nitrogens with one attached hydrogen (secondary N) is 2. The molecule has 0 fully saturated rings. The third-order valence-electron chi connectivity index (χ3n) is 5.64. The molecule has 4 heterocycles. The minimum absolute atomic E-state index is 0.752. The van der Waals surface area contributed by atoms with Crippen molar-refractivity contribution < 1.29 is 0 Å². The van der Waals surface area contributed by atoms with Gasteiger partial charge < -0.3 is 4.98 Å². The first-order valence-electron chi connectivity index (χ1n) is 10.1. The number of hydrogen-bond acceptors (Lipinski definition) is 4. The molecular weight excluding hydrogens is 384 g/mol. The Morgan fingerprint density at radius 2 is 1.71 bits per heavy atom. The lowest BCUT2D eigenvalue weighted by Crippen LogP contribution is -1.92. The van der Waals surface area contributed by atoms with Crippen LogP contribution in [0.3, 0.4) is 0 Å². The maximum atomic E-state index is 4.72. The number of pyridine rings is 2. The van der Waals surface area contributed by atoms with Crippen LogP contribution < -0.4 is 0 Å². The number of aromatic nitrogens is 6. The summed E-state index contributed by atoms with van der Waals surface area (Å²) in [6.45, 7) is 2.11. The molecule has 0 aliphatic carbocycles. The average Bonchev–Trinajstić information content (AvgIpc) is 3.43. The second kappa shape index (κ2) is 6.88. The van der Waals surface area contributed by atoms with Crippen LogP contribution in [0.4, 0.5) is 0 Å². The van der Waals surface area contributed by atoms with Crippen molar-refractivity contribution in [2.45, 2.75) is 6.92 Å². The minimum atomic E-state index is 0.752. The van der Waals surface area contributed by atoms with Gasteiger partial charge in [0.1, 0.15) is 5.69 Å². The van der Waals surface area contributed by atoms with Gasteiger partial charge in [0.25, 0.3) is 0 Å². The lowest BCUT2D eigenvalue weighted by molar-refractivity contribution is 1.11. The molecular formula is C25H18N6. The lowest BCUT2D eigenvalue weighted by atomic mass is 9.96. The summed E-state index contributed by atoms with van der Waals surface area (Å²) in [7, 11) is 0. The largest absolute Gasteiger partial charge is 0.337 e. The molecule has 4 aromatic heterocycles. The molecule has 0 atom stereocenters. The van der Waals surface area contributed by atoms with Crippen LogP contribution in [0.1, 0.15) is 5.56 Å². The zero-order chi connectivity index (χ0) is 20.8. The molecule has 2 aromatic carbocycles. The van der Waals surface area contributed by atoms with Crippen LogP contribution in [0.25, 0.3) is 55.8 Å². The standard InChI is InChI=1S/C25H18N6/c1-15-18(13-26-14-19(15)20-6-4-5-11-27-20)16-9-10-21-17(12-16)24(31-30-21)25-28-22-7-2-3-8-23(22)29-25/h2-14H,1H3,(H,28,29)(H,30,31). The van der Waals surface area contributed by atoms with Crippen molar-refractivity contribution in [2.24, 2.45) is 0 Å². The van der Waals surface area contributed by atoms with E-state index in [1.807, 2.05) is 54.9 Å². The van der Waals surface area contributed by atoms with Crippen molar-refractivity contribution in [2.75, 3.05) is 0 Å². The van der Waals surface area contributed by atoms with Crippen molar-refractivity contribution in [1.29, 1.82) is 0 Å². The minimum Gasteiger partial charge on any atom is -0.337 e. The smallest absolute Gasteiger partial charge is 0.159 e. The molecule has 0 unspecified atom stereocenters. The highest BCUT2D eigenvalue weighted by Crippen LogP contribution is 2.33. The van der Waals surface area contributed by atoms with Gasteiger partial charge in [0, 0.05) is 35.1 Å². The SMILES string of the molecule is Cc1c(-c2ccc3[nH]nc(-c4nc5ccccc5[nH]4)c3c2)cncc1-c1ccccn1. The van der Waals surface area contributed by atoms with E-state index in [1.54, 1.807) is 6.20 Å². The number of benzene rings is 2. The van der Waals surface area contributed by atoms with E-state index in [0.717, 1.165) is 61.4 Å². The molecule has 0 amide bonds. The first kappa shape index (κ1) is 17.5. The van der Waals surface area contributed by atoms with Crippen molar-refractivity contribution >= 4 is 21.9 Å². The molecule has 6 rings (SSSR count). The number of fused-ring (bicyclic) bond motifs is 2. The molecule has 0 saturated carbocycles. The summed E-state index contributed by atoms with van der Waals surface area (Å²) in [5, 5.41) is 8.68. The summed E-state index contributed by atoms with van der Waals surface area (Å²) >= 11 is 0. The molecule has 0 aliphatic heterocycles. The summed E-state index contributed by atoms with van der Waals surface area (Å²) in [5.41, 5.74) is 8.92. The maximum Gasteiger partial charge on any atom is 0.159 e. The average molecular weight is 402 g/mol. The quantitative estimate of drug-likeness (QED) is 0.407. The highest BCUT2D eigenvalue weighted by atomic mass is 15.1. The number of para-hydroxylation sites is 2. The van der Waals surface area contributed by atoms with Crippen molar-refractivity contribution in [3.05, 3.63) is 84.8 Å². The first-order valence-corrected chi connectivity index (χ1v) is 10.1. The third-order valence-corrected chi connectivity index (χ3v) is 5.64. The normalized spacial score (nSPS) is 11.4. The fourth-order valence-corrected chi connectivity index (χ4v) is 4.02. The van der Waals surface area contributed by atoms with Crippen LogP contribution in [0.5, 0.6) is 0 Å². The van der Waals surface area contributed by atoms with Gasteiger partial charge >= 0.3 is 0 Å². The Bertz CT molecular complexity index is 1510. The summed E-state index contributed by atoms with van der Waals surface area (Å²) in [4.78, 5) is 17.1. The molecule has 0 aliphatic rings. The number of imidazole rings is 1. The fourth-order valence-electron chi connectivity index (χ4n) is 4.02. The molecule has 0 bridgehead atoms. The van der Waals surface area contributed by atoms with Gasteiger partial charge in [-0.2, -0.15) is 5.10 Å². The Labute approximate surface area is 178 Å². The maximum absolute atomic E-state index is 4.72. The van der Waals surface area contributed by atoms with Crippen LogP contribution in [0.15, 0.2) is 79.3 Å². The van der Waals surface area contributed by atoms with Crippen molar-refractivity contribution in [3.8, 4) is 33.9 Å². The molecule has 2 N–H and O–H groups in total. The second-order valence-corrected chi connectivity index (χ2v) is 7.51. The molecule has 0 saturated heterocycles. The predicted molar refractivity (Wildman–Crippen MR) is 122 cm³/mol. The predicted octanol–water partition coefficient (Wildman–Crippen LogP) is 5.54. The molecule has 0 spiro atoms. The van der Waals surface area contributed by atoms with Crippen LogP contribution in [0, 0.1) is 6.92 Å². The van der Waals surface area contributed by atoms with E-state index in [9.17, 15) is 0 Å². The zero-order valence-electron chi connectivity index (χ0n) is 16.8. The number of aromatic amines is 2. The zero-order valence-corrected chi connectivity index (χ0v) is 16.8. The number of rotatable bonds is 3. The van der Waals surface area contributed by atoms with E-state index in [-0.39, 0.29) is 0 Å². The van der Waals surface area contributed by atoms with Gasteiger partial charge in [-0.1, -0.05) is 24.3 Å². The summed E-state index contributed by atoms with van der Waals surface area (Å²) < 4.78 is 0. The van der Waals surface area contributed by atoms with Crippen LogP contribution in [0.2, 0.25) is 0 Å². The Morgan fingerprint density at radius 1 is 0.839 bits per heavy atom. The van der Waals surface area contributed by atoms with E-state index < -0.39 is 0 Å². The fraction of sp³-hybridized carbons (Fsp3) is 0.0400. The molecule has 148 valence electrons. The van der Waals surface area contributed by atoms with E-state index in [4.69, 9.17) is 4.98 Å². The van der Waals surface area contributed by atoms with E-state index in [1.165, 1.54) is 0 Å². The van der Waals surface area contributed by atoms with Gasteiger partial charge in [-0.05, 0) is 54.4 Å². The second-order valence-electron chi connectivity index (χ2n) is 7.51. The highest BCUT2D eigenvalue weighted by Gasteiger charge is 2.15. The number of H-pyrrole nitrogens is 2. The highest BCUT2D eigenvalue weighted by molar-refractivity contribution is 5.96. The Balaban J connectivity index is 1.50. The lowest BCUT2D eigenvalue weighted by Gasteiger charge is -2.11. The molecule has 6 nitrogen and oxygen atoms in total. The third kappa shape index (κ3) is 2.88. The Kier molecular flexibility index (Phi) is 3.89. The molecule has 0 radical (unpaired) electrons. The van der Waals surface area contributed by atoms with Gasteiger partial charge in [0.15, 0.2) is 5.82 Å². The molecule has 31 heavy (non-hydrogen) atoms. The van der Waals surface area contributed by atoms with Crippen molar-refractivity contribution in [3.63, 3.8) is 0 Å². The summed E-state index contributed by atoms with van der Waals surface area (Å²) in [6, 6.07) is 20.2. The van der Waals surface area contributed by atoms with Crippen LogP contribution in [-0.4, -0.2) is 30.1 Å². The summed E-state index contributed by atoms with van der Waals surface area (Å²) in [6.07, 6.45) is 5.58. The summed E-state index contributed by atoms with van der Waals surface area (Å²) in [5.74, 6) is 0.752. The van der Waals surface area contributed by atoms with E-state index in [0.29, 0.717) is 0 Å². The van der Waals surface area contributed by atoms with Gasteiger partial charge in [-0.25, -0.2) is 4.98 Å². The van der Waals surface area contributed by atoms with E-state index >= 15 is 0 Å². The molecule has 6 heteroatoms. The van der Waals surface area contributed by atoms with Crippen molar-refractivity contribution in [1.82, 2.24) is 30.1 Å². The topological polar surface area (TPSA) is 83.1 Å². The van der Waals surface area contributed by atoms with E-state index in [2.05, 4.69) is 50.3 Å². The first-order chi connectivity index (χ1) is 15.3. The van der Waals surface area contributed by atoms with Gasteiger partial charge in [0.05, 0.1) is 22.2 Å². The number of nitrogens with zero attached hydrogens (tertiary/aromatic N) is 4. The Hall–Kier alpha value is -4.32.